The van der Waals surface area contributed by atoms with Crippen molar-refractivity contribution in [1.29, 1.82) is 0 Å². The molecule has 0 aromatic carbocycles. The van der Waals surface area contributed by atoms with Crippen molar-refractivity contribution < 1.29 is 40.0 Å². The van der Waals surface area contributed by atoms with Crippen LogP contribution in [0.25, 0.3) is 0 Å². The van der Waals surface area contributed by atoms with Crippen molar-refractivity contribution >= 4 is 16.1 Å². The number of ether oxygens (including phenoxy) is 2. The zero-order chi connectivity index (χ0) is 20.1. The van der Waals surface area contributed by atoms with Crippen molar-refractivity contribution in [3.05, 3.63) is 36.4 Å². The monoisotopic (exact) mass is 409 g/mol. The van der Waals surface area contributed by atoms with E-state index in [0.717, 1.165) is 6.08 Å². The van der Waals surface area contributed by atoms with Gasteiger partial charge in [-0.2, -0.15) is 21.6 Å². The SMILES string of the molecule is CCC(OC(=O)C1CC=C(OS(=O)(=O)C(F)(F)F)CC1)Oc1ccncc1. The smallest absolute Gasteiger partial charge is 0.455 e. The van der Waals surface area contributed by atoms with E-state index in [1.807, 2.05) is 0 Å². The molecule has 0 spiro atoms. The lowest BCUT2D eigenvalue weighted by atomic mass is 9.93. The van der Waals surface area contributed by atoms with Gasteiger partial charge < -0.3 is 13.7 Å². The normalized spacial score (nSPS) is 19.0. The van der Waals surface area contributed by atoms with Gasteiger partial charge in [0.1, 0.15) is 11.5 Å². The Morgan fingerprint density at radius 1 is 1.33 bits per heavy atom. The first-order valence-corrected chi connectivity index (χ1v) is 9.50. The molecule has 27 heavy (non-hydrogen) atoms. The predicted molar refractivity (Wildman–Crippen MR) is 86.5 cm³/mol. The van der Waals surface area contributed by atoms with E-state index < -0.39 is 33.8 Å². The van der Waals surface area contributed by atoms with Gasteiger partial charge in [-0.25, -0.2) is 0 Å². The highest BCUT2D eigenvalue weighted by atomic mass is 32.2. The summed E-state index contributed by atoms with van der Waals surface area (Å²) in [6.45, 7) is 1.76. The molecule has 0 radical (unpaired) electrons. The van der Waals surface area contributed by atoms with Crippen LogP contribution in [-0.2, 0) is 23.8 Å². The summed E-state index contributed by atoms with van der Waals surface area (Å²) in [6.07, 6.45) is 3.73. The molecule has 0 N–H and O–H groups in total. The molecule has 0 bridgehead atoms. The first kappa shape index (κ1) is 21.0. The van der Waals surface area contributed by atoms with Gasteiger partial charge in [-0.1, -0.05) is 6.92 Å². The van der Waals surface area contributed by atoms with Crippen LogP contribution in [0.15, 0.2) is 36.4 Å². The lowest BCUT2D eigenvalue weighted by Crippen LogP contribution is -2.30. The Morgan fingerprint density at radius 3 is 2.52 bits per heavy atom. The van der Waals surface area contributed by atoms with Crippen molar-refractivity contribution in [1.82, 2.24) is 4.98 Å². The number of alkyl halides is 3. The summed E-state index contributed by atoms with van der Waals surface area (Å²) in [7, 11) is -5.70. The lowest BCUT2D eigenvalue weighted by Gasteiger charge is -2.24. The minimum atomic E-state index is -5.70. The van der Waals surface area contributed by atoms with Crippen LogP contribution in [0.2, 0.25) is 0 Å². The van der Waals surface area contributed by atoms with Crippen LogP contribution < -0.4 is 4.74 Å². The second-order valence-electron chi connectivity index (χ2n) is 5.70. The molecule has 0 fully saturated rings. The summed E-state index contributed by atoms with van der Waals surface area (Å²) in [5.74, 6) is -1.07. The molecule has 1 aromatic heterocycles. The predicted octanol–water partition coefficient (Wildman–Crippen LogP) is 3.29. The Kier molecular flexibility index (Phi) is 6.68. The third-order valence-electron chi connectivity index (χ3n) is 3.70. The number of carbonyl (C=O) groups is 1. The molecule has 2 atom stereocenters. The van der Waals surface area contributed by atoms with E-state index >= 15 is 0 Å². The molecule has 1 aliphatic carbocycles. The van der Waals surface area contributed by atoms with Gasteiger partial charge in [0.2, 0.25) is 6.29 Å². The zero-order valence-electron chi connectivity index (χ0n) is 14.3. The number of hydrogen-bond donors (Lipinski definition) is 0. The zero-order valence-corrected chi connectivity index (χ0v) is 15.1. The fraction of sp³-hybridized carbons (Fsp3) is 0.500. The first-order valence-electron chi connectivity index (χ1n) is 8.09. The topological polar surface area (TPSA) is 91.8 Å². The second kappa shape index (κ2) is 8.59. The van der Waals surface area contributed by atoms with Crippen molar-refractivity contribution in [3.63, 3.8) is 0 Å². The Morgan fingerprint density at radius 2 is 2.00 bits per heavy atom. The molecule has 2 rings (SSSR count). The van der Waals surface area contributed by atoms with Crippen LogP contribution in [0, 0.1) is 5.92 Å². The van der Waals surface area contributed by atoms with Crippen LogP contribution in [-0.4, -0.2) is 31.2 Å². The van der Waals surface area contributed by atoms with Gasteiger partial charge in [0.05, 0.1) is 5.92 Å². The molecule has 0 aliphatic heterocycles. The maximum absolute atomic E-state index is 12.3. The van der Waals surface area contributed by atoms with Crippen LogP contribution in [0.1, 0.15) is 32.6 Å². The molecule has 1 aromatic rings. The number of rotatable bonds is 7. The van der Waals surface area contributed by atoms with Crippen molar-refractivity contribution in [3.8, 4) is 5.75 Å². The highest BCUT2D eigenvalue weighted by Gasteiger charge is 2.49. The molecule has 1 aliphatic rings. The van der Waals surface area contributed by atoms with E-state index in [0.29, 0.717) is 12.2 Å². The second-order valence-corrected chi connectivity index (χ2v) is 7.24. The highest BCUT2D eigenvalue weighted by molar-refractivity contribution is 7.87. The van der Waals surface area contributed by atoms with E-state index in [-0.39, 0.29) is 25.0 Å². The summed E-state index contributed by atoms with van der Waals surface area (Å²) < 4.78 is 73.8. The molecule has 1 heterocycles. The fourth-order valence-electron chi connectivity index (χ4n) is 2.27. The maximum atomic E-state index is 12.3. The first-order chi connectivity index (χ1) is 12.6. The quantitative estimate of drug-likeness (QED) is 0.295. The van der Waals surface area contributed by atoms with Crippen molar-refractivity contribution in [2.45, 2.75) is 44.4 Å². The van der Waals surface area contributed by atoms with E-state index in [4.69, 9.17) is 9.47 Å². The number of pyridine rings is 1. The third-order valence-corrected chi connectivity index (χ3v) is 4.70. The molecule has 150 valence electrons. The van der Waals surface area contributed by atoms with Gasteiger partial charge in [-0.15, -0.1) is 0 Å². The van der Waals surface area contributed by atoms with E-state index in [9.17, 15) is 26.4 Å². The molecule has 0 saturated carbocycles. The largest absolute Gasteiger partial charge is 0.534 e. The molecule has 0 amide bonds. The Labute approximate surface area is 154 Å². The van der Waals surface area contributed by atoms with E-state index in [1.54, 1.807) is 19.1 Å². The third kappa shape index (κ3) is 5.84. The molecular formula is C16H18F3NO6S. The number of hydrogen-bond acceptors (Lipinski definition) is 7. The summed E-state index contributed by atoms with van der Waals surface area (Å²) in [4.78, 5) is 16.1. The number of aromatic nitrogens is 1. The average molecular weight is 409 g/mol. The lowest BCUT2D eigenvalue weighted by molar-refractivity contribution is -0.169. The van der Waals surface area contributed by atoms with Gasteiger partial charge in [0.15, 0.2) is 0 Å². The Bertz CT molecular complexity index is 779. The number of halogens is 3. The van der Waals surface area contributed by atoms with Gasteiger partial charge in [-0.3, -0.25) is 9.78 Å². The minimum absolute atomic E-state index is 0.00718. The summed E-state index contributed by atoms with van der Waals surface area (Å²) in [5, 5.41) is 0. The van der Waals surface area contributed by atoms with Gasteiger partial charge in [0.25, 0.3) is 0 Å². The highest BCUT2D eigenvalue weighted by Crippen LogP contribution is 2.32. The summed E-state index contributed by atoms with van der Waals surface area (Å²) in [5.41, 5.74) is -5.50. The number of carbonyl (C=O) groups excluding carboxylic acids is 1. The fourth-order valence-corrected chi connectivity index (χ4v) is 2.80. The van der Waals surface area contributed by atoms with Gasteiger partial charge >= 0.3 is 21.6 Å². The minimum Gasteiger partial charge on any atom is -0.455 e. The van der Waals surface area contributed by atoms with Crippen LogP contribution in [0.5, 0.6) is 5.75 Å². The number of allylic oxidation sites excluding steroid dienone is 2. The van der Waals surface area contributed by atoms with Crippen LogP contribution in [0.4, 0.5) is 13.2 Å². The maximum Gasteiger partial charge on any atom is 0.534 e. The van der Waals surface area contributed by atoms with Crippen molar-refractivity contribution in [2.75, 3.05) is 0 Å². The molecule has 2 unspecified atom stereocenters. The average Bonchev–Trinajstić information content (AvgIpc) is 2.61. The number of nitrogens with zero attached hydrogens (tertiary/aromatic N) is 1. The number of esters is 1. The molecule has 7 nitrogen and oxygen atoms in total. The van der Waals surface area contributed by atoms with Crippen molar-refractivity contribution in [2.24, 2.45) is 5.92 Å². The standard InChI is InChI=1S/C16H18F3NO6S/c1-2-14(24-12-7-9-20-10-8-12)25-15(21)11-3-5-13(6-4-11)26-27(22,23)16(17,18)19/h5,7-11,14H,2-4,6H2,1H3. The molecular weight excluding hydrogens is 391 g/mol. The van der Waals surface area contributed by atoms with Gasteiger partial charge in [-0.05, 0) is 31.1 Å². The van der Waals surface area contributed by atoms with E-state index in [2.05, 4.69) is 9.17 Å². The molecule has 11 heteroatoms. The van der Waals surface area contributed by atoms with Crippen LogP contribution >= 0.6 is 0 Å². The Balaban J connectivity index is 1.90. The molecule has 0 saturated heterocycles. The summed E-state index contributed by atoms with van der Waals surface area (Å²) in [6, 6.07) is 3.20. The summed E-state index contributed by atoms with van der Waals surface area (Å²) >= 11 is 0. The Hall–Kier alpha value is -2.30. The van der Waals surface area contributed by atoms with Gasteiger partial charge in [0, 0.05) is 25.2 Å². The van der Waals surface area contributed by atoms with Crippen LogP contribution in [0.3, 0.4) is 0 Å². The van der Waals surface area contributed by atoms with E-state index in [1.165, 1.54) is 12.4 Å².